The smallest absolute Gasteiger partial charge is 0.338 e. The number of nitrogens with zero attached hydrogens (tertiary/aromatic N) is 1. The lowest BCUT2D eigenvalue weighted by molar-refractivity contribution is -0.140. The summed E-state index contributed by atoms with van der Waals surface area (Å²) in [5, 5.41) is 5.83. The van der Waals surface area contributed by atoms with E-state index in [4.69, 9.17) is 21.7 Å². The van der Waals surface area contributed by atoms with E-state index >= 15 is 0 Å². The number of carbonyl (C=O) groups excluding carboxylic acids is 1. The quantitative estimate of drug-likeness (QED) is 0.463. The first-order valence-corrected chi connectivity index (χ1v) is 9.48. The van der Waals surface area contributed by atoms with Gasteiger partial charge in [-0.15, -0.1) is 11.3 Å². The predicted octanol–water partition coefficient (Wildman–Crippen LogP) is 3.65. The minimum Gasteiger partial charge on any atom is -0.460 e. The summed E-state index contributed by atoms with van der Waals surface area (Å²) in [6, 6.07) is 13.3. The Hall–Kier alpha value is -2.22. The van der Waals surface area contributed by atoms with Crippen molar-refractivity contribution in [2.75, 3.05) is 25.2 Å². The van der Waals surface area contributed by atoms with Crippen LogP contribution in [0.1, 0.15) is 17.8 Å². The van der Waals surface area contributed by atoms with E-state index in [1.165, 1.54) is 0 Å². The maximum absolute atomic E-state index is 12.8. The first-order chi connectivity index (χ1) is 12.6. The van der Waals surface area contributed by atoms with Crippen LogP contribution in [0.4, 0.5) is 5.69 Å². The van der Waals surface area contributed by atoms with E-state index in [2.05, 4.69) is 5.32 Å². The van der Waals surface area contributed by atoms with Crippen LogP contribution in [0, 0.1) is 0 Å². The molecule has 0 amide bonds. The van der Waals surface area contributed by atoms with E-state index in [1.807, 2.05) is 59.7 Å². The molecule has 1 aliphatic heterocycles. The monoisotopic (exact) mass is 388 g/mol. The standard InChI is InChI=1S/C19H20N2O3S2/c1-13-16(18(22)24-11-10-23-2)17(15-9-6-12-26-15)20-19(25)21(13)14-7-4-3-5-8-14/h3-9,12,17H,10-11H2,1-2H3,(H,20,25)/t17-/m1/s1. The molecular formula is C19H20N2O3S2. The van der Waals surface area contributed by atoms with Crippen LogP contribution in [-0.2, 0) is 14.3 Å². The van der Waals surface area contributed by atoms with Crippen LogP contribution < -0.4 is 10.2 Å². The fraction of sp³-hybridized carbons (Fsp3) is 0.263. The lowest BCUT2D eigenvalue weighted by Gasteiger charge is -2.37. The summed E-state index contributed by atoms with van der Waals surface area (Å²) in [5.41, 5.74) is 2.22. The fourth-order valence-corrected chi connectivity index (χ4v) is 4.00. The number of rotatable bonds is 6. The van der Waals surface area contributed by atoms with Gasteiger partial charge in [-0.3, -0.25) is 4.90 Å². The number of hydrogen-bond donors (Lipinski definition) is 1. The van der Waals surface area contributed by atoms with Gasteiger partial charge in [0.05, 0.1) is 18.2 Å². The molecule has 1 aliphatic rings. The van der Waals surface area contributed by atoms with E-state index < -0.39 is 0 Å². The molecule has 1 aromatic carbocycles. The molecule has 1 aromatic heterocycles. The average molecular weight is 389 g/mol. The second-order valence-corrected chi connectivity index (χ2v) is 7.06. The highest BCUT2D eigenvalue weighted by atomic mass is 32.1. The maximum Gasteiger partial charge on any atom is 0.338 e. The van der Waals surface area contributed by atoms with Crippen molar-refractivity contribution < 1.29 is 14.3 Å². The van der Waals surface area contributed by atoms with Crippen LogP contribution in [0.25, 0.3) is 0 Å². The number of methoxy groups -OCH3 is 1. The van der Waals surface area contributed by atoms with E-state index in [0.29, 0.717) is 17.3 Å². The molecule has 0 spiro atoms. The number of anilines is 1. The third kappa shape index (κ3) is 3.80. The van der Waals surface area contributed by atoms with Crippen LogP contribution in [0.15, 0.2) is 59.1 Å². The highest BCUT2D eigenvalue weighted by Gasteiger charge is 2.35. The third-order valence-corrected chi connectivity index (χ3v) is 5.30. The highest BCUT2D eigenvalue weighted by Crippen LogP contribution is 2.35. The summed E-state index contributed by atoms with van der Waals surface area (Å²) in [5.74, 6) is -0.367. The van der Waals surface area contributed by atoms with Crippen LogP contribution >= 0.6 is 23.6 Å². The lowest BCUT2D eigenvalue weighted by atomic mass is 10.0. The Bertz CT molecular complexity index is 803. The molecule has 3 rings (SSSR count). The van der Waals surface area contributed by atoms with Gasteiger partial charge in [-0.2, -0.15) is 0 Å². The van der Waals surface area contributed by atoms with Gasteiger partial charge in [-0.05, 0) is 42.7 Å². The minimum absolute atomic E-state index is 0.207. The maximum atomic E-state index is 12.8. The van der Waals surface area contributed by atoms with Gasteiger partial charge in [0.15, 0.2) is 5.11 Å². The number of esters is 1. The molecule has 26 heavy (non-hydrogen) atoms. The molecule has 0 saturated carbocycles. The molecule has 0 fully saturated rings. The number of hydrogen-bond acceptors (Lipinski definition) is 5. The Morgan fingerprint density at radius 2 is 2.00 bits per heavy atom. The van der Waals surface area contributed by atoms with Gasteiger partial charge in [-0.25, -0.2) is 4.79 Å². The SMILES string of the molecule is COCCOC(=O)C1=C(C)N(c2ccccc2)C(=S)N[C@@H]1c1cccs1. The summed E-state index contributed by atoms with van der Waals surface area (Å²) < 4.78 is 10.4. The van der Waals surface area contributed by atoms with Crippen molar-refractivity contribution >= 4 is 40.3 Å². The number of para-hydroxylation sites is 1. The Kier molecular flexibility index (Phi) is 6.03. The zero-order valence-electron chi connectivity index (χ0n) is 14.6. The van der Waals surface area contributed by atoms with Gasteiger partial charge < -0.3 is 14.8 Å². The van der Waals surface area contributed by atoms with Crippen molar-refractivity contribution in [1.82, 2.24) is 5.32 Å². The van der Waals surface area contributed by atoms with E-state index in [-0.39, 0.29) is 18.6 Å². The Morgan fingerprint density at radius 3 is 2.65 bits per heavy atom. The lowest BCUT2D eigenvalue weighted by Crippen LogP contribution is -2.48. The van der Waals surface area contributed by atoms with Gasteiger partial charge in [0, 0.05) is 23.4 Å². The Balaban J connectivity index is 2.02. The summed E-state index contributed by atoms with van der Waals surface area (Å²) in [7, 11) is 1.57. The third-order valence-electron chi connectivity index (χ3n) is 4.07. The second-order valence-electron chi connectivity index (χ2n) is 5.70. The highest BCUT2D eigenvalue weighted by molar-refractivity contribution is 7.80. The van der Waals surface area contributed by atoms with Crippen molar-refractivity contribution in [2.45, 2.75) is 13.0 Å². The molecule has 1 atom stereocenters. The molecule has 1 N–H and O–H groups in total. The largest absolute Gasteiger partial charge is 0.460 e. The molecule has 0 saturated heterocycles. The Labute approximate surface area is 162 Å². The molecule has 5 nitrogen and oxygen atoms in total. The molecule has 0 aliphatic carbocycles. The molecule has 2 heterocycles. The number of nitrogens with one attached hydrogen (secondary N) is 1. The summed E-state index contributed by atoms with van der Waals surface area (Å²) in [6.07, 6.45) is 0. The van der Waals surface area contributed by atoms with Crippen molar-refractivity contribution in [3.8, 4) is 0 Å². The summed E-state index contributed by atoms with van der Waals surface area (Å²) >= 11 is 7.17. The normalized spacial score (nSPS) is 17.2. The second kappa shape index (κ2) is 8.44. The summed E-state index contributed by atoms with van der Waals surface area (Å²) in [4.78, 5) is 15.7. The number of thiophene rings is 1. The van der Waals surface area contributed by atoms with Gasteiger partial charge in [-0.1, -0.05) is 24.3 Å². The average Bonchev–Trinajstić information content (AvgIpc) is 3.17. The van der Waals surface area contributed by atoms with Crippen molar-refractivity contribution in [3.05, 3.63) is 64.0 Å². The van der Waals surface area contributed by atoms with Crippen molar-refractivity contribution in [1.29, 1.82) is 0 Å². The van der Waals surface area contributed by atoms with Gasteiger partial charge in [0.25, 0.3) is 0 Å². The molecule has 0 unspecified atom stereocenters. The predicted molar refractivity (Wildman–Crippen MR) is 107 cm³/mol. The van der Waals surface area contributed by atoms with Crippen molar-refractivity contribution in [3.63, 3.8) is 0 Å². The van der Waals surface area contributed by atoms with Crippen LogP contribution in [0.3, 0.4) is 0 Å². The zero-order chi connectivity index (χ0) is 18.5. The fourth-order valence-electron chi connectivity index (χ4n) is 2.86. The number of allylic oxidation sites excluding steroid dienone is 1. The first-order valence-electron chi connectivity index (χ1n) is 8.19. The summed E-state index contributed by atoms with van der Waals surface area (Å²) in [6.45, 7) is 2.46. The van der Waals surface area contributed by atoms with Gasteiger partial charge in [0.2, 0.25) is 0 Å². The minimum atomic E-state index is -0.367. The topological polar surface area (TPSA) is 50.8 Å². The molecular weight excluding hydrogens is 368 g/mol. The van der Waals surface area contributed by atoms with Gasteiger partial charge >= 0.3 is 5.97 Å². The molecule has 136 valence electrons. The van der Waals surface area contributed by atoms with Crippen LogP contribution in [0.2, 0.25) is 0 Å². The van der Waals surface area contributed by atoms with Crippen LogP contribution in [0.5, 0.6) is 0 Å². The zero-order valence-corrected chi connectivity index (χ0v) is 16.2. The number of benzene rings is 1. The van der Waals surface area contributed by atoms with Crippen LogP contribution in [-0.4, -0.2) is 31.4 Å². The van der Waals surface area contributed by atoms with E-state index in [0.717, 1.165) is 16.3 Å². The Morgan fingerprint density at radius 1 is 1.23 bits per heavy atom. The number of carbonyl (C=O) groups is 1. The molecule has 7 heteroatoms. The number of ether oxygens (including phenoxy) is 2. The van der Waals surface area contributed by atoms with E-state index in [9.17, 15) is 4.79 Å². The van der Waals surface area contributed by atoms with E-state index in [1.54, 1.807) is 18.4 Å². The number of thiocarbonyl (C=S) groups is 1. The molecule has 2 aromatic rings. The van der Waals surface area contributed by atoms with Crippen molar-refractivity contribution in [2.24, 2.45) is 0 Å². The molecule has 0 radical (unpaired) electrons. The van der Waals surface area contributed by atoms with Gasteiger partial charge in [0.1, 0.15) is 6.61 Å². The first kappa shape index (κ1) is 18.6. The molecule has 0 bridgehead atoms.